The molecule has 26 heavy (non-hydrogen) atoms. The number of nitrogens with one attached hydrogen (secondary N) is 2. The van der Waals surface area contributed by atoms with Gasteiger partial charge in [-0.25, -0.2) is 4.99 Å². The summed E-state index contributed by atoms with van der Waals surface area (Å²) < 4.78 is 0. The van der Waals surface area contributed by atoms with E-state index in [1.807, 2.05) is 16.2 Å². The molecule has 1 aliphatic heterocycles. The first-order valence-electron chi connectivity index (χ1n) is 10.1. The molecule has 1 aromatic heterocycles. The molecule has 2 fully saturated rings. The molecule has 0 aromatic carbocycles. The number of aliphatic imine (C=N–C) groups is 1. The number of amides is 1. The van der Waals surface area contributed by atoms with Gasteiger partial charge in [0.2, 0.25) is 5.91 Å². The van der Waals surface area contributed by atoms with Crippen molar-refractivity contribution in [3.05, 3.63) is 22.4 Å². The van der Waals surface area contributed by atoms with Crippen LogP contribution in [0.1, 0.15) is 56.7 Å². The fraction of sp³-hybridized carbons (Fsp3) is 0.700. The van der Waals surface area contributed by atoms with Gasteiger partial charge in [0.15, 0.2) is 5.96 Å². The second kappa shape index (κ2) is 9.40. The van der Waals surface area contributed by atoms with Gasteiger partial charge in [0.25, 0.3) is 0 Å². The van der Waals surface area contributed by atoms with Gasteiger partial charge in [0, 0.05) is 36.5 Å². The van der Waals surface area contributed by atoms with Crippen LogP contribution in [0.2, 0.25) is 0 Å². The number of nitrogens with zero attached hydrogens (tertiary/aromatic N) is 2. The Hall–Kier alpha value is -1.56. The highest BCUT2D eigenvalue weighted by Crippen LogP contribution is 2.41. The van der Waals surface area contributed by atoms with Crippen molar-refractivity contribution in [1.29, 1.82) is 0 Å². The molecule has 2 N–H and O–H groups in total. The Morgan fingerprint density at radius 1 is 1.19 bits per heavy atom. The quantitative estimate of drug-likeness (QED) is 0.592. The maximum absolute atomic E-state index is 12.3. The van der Waals surface area contributed by atoms with Gasteiger partial charge in [-0.05, 0) is 44.1 Å². The maximum atomic E-state index is 12.3. The third-order valence-electron chi connectivity index (χ3n) is 5.62. The van der Waals surface area contributed by atoms with Crippen LogP contribution < -0.4 is 10.6 Å². The Bertz CT molecular complexity index is 587. The molecule has 1 saturated carbocycles. The molecule has 0 unspecified atom stereocenters. The minimum absolute atomic E-state index is 0.144. The van der Waals surface area contributed by atoms with Crippen LogP contribution in [-0.2, 0) is 10.2 Å². The van der Waals surface area contributed by atoms with E-state index in [0.717, 1.165) is 45.0 Å². The monoisotopic (exact) mass is 376 g/mol. The zero-order chi connectivity index (χ0) is 18.2. The van der Waals surface area contributed by atoms with Gasteiger partial charge in [0.1, 0.15) is 6.54 Å². The average Bonchev–Trinajstić information content (AvgIpc) is 3.38. The summed E-state index contributed by atoms with van der Waals surface area (Å²) in [7, 11) is 0. The number of hydrogen-bond acceptors (Lipinski definition) is 3. The van der Waals surface area contributed by atoms with Gasteiger partial charge >= 0.3 is 0 Å². The van der Waals surface area contributed by atoms with Gasteiger partial charge in [-0.1, -0.05) is 25.3 Å². The number of likely N-dealkylation sites (tertiary alicyclic amines) is 1. The average molecular weight is 377 g/mol. The normalized spacial score (nSPS) is 20.2. The minimum atomic E-state index is 0.144. The fourth-order valence-corrected chi connectivity index (χ4v) is 5.11. The SMILES string of the molecule is CCNC(=NCC(=O)N1CCCC1)NCC1(c2cccs2)CCCCC1. The predicted octanol–water partition coefficient (Wildman–Crippen LogP) is 3.13. The Kier molecular flexibility index (Phi) is 6.94. The van der Waals surface area contributed by atoms with Crippen LogP contribution >= 0.6 is 11.3 Å². The van der Waals surface area contributed by atoms with Gasteiger partial charge in [-0.3, -0.25) is 4.79 Å². The first-order valence-corrected chi connectivity index (χ1v) is 11.0. The van der Waals surface area contributed by atoms with Crippen LogP contribution in [0, 0.1) is 0 Å². The number of thiophene rings is 1. The van der Waals surface area contributed by atoms with Gasteiger partial charge in [-0.15, -0.1) is 11.3 Å². The van der Waals surface area contributed by atoms with E-state index in [-0.39, 0.29) is 17.9 Å². The lowest BCUT2D eigenvalue weighted by Crippen LogP contribution is -2.46. The lowest BCUT2D eigenvalue weighted by Gasteiger charge is -2.37. The highest BCUT2D eigenvalue weighted by Gasteiger charge is 2.34. The molecule has 0 spiro atoms. The van der Waals surface area contributed by atoms with E-state index < -0.39 is 0 Å². The van der Waals surface area contributed by atoms with E-state index in [1.165, 1.54) is 37.0 Å². The van der Waals surface area contributed by atoms with Crippen LogP contribution in [0.25, 0.3) is 0 Å². The van der Waals surface area contributed by atoms with Crippen LogP contribution in [0.4, 0.5) is 0 Å². The molecule has 0 atom stereocenters. The molecule has 5 nitrogen and oxygen atoms in total. The summed E-state index contributed by atoms with van der Waals surface area (Å²) in [5.41, 5.74) is 0.210. The maximum Gasteiger partial charge on any atom is 0.244 e. The molecule has 2 aliphatic rings. The van der Waals surface area contributed by atoms with Crippen molar-refractivity contribution in [3.63, 3.8) is 0 Å². The summed E-state index contributed by atoms with van der Waals surface area (Å²) in [6, 6.07) is 4.43. The van der Waals surface area contributed by atoms with Crippen molar-refractivity contribution in [1.82, 2.24) is 15.5 Å². The topological polar surface area (TPSA) is 56.7 Å². The summed E-state index contributed by atoms with van der Waals surface area (Å²) >= 11 is 1.87. The molecule has 0 radical (unpaired) electrons. The lowest BCUT2D eigenvalue weighted by atomic mass is 9.73. The van der Waals surface area contributed by atoms with Crippen LogP contribution in [-0.4, -0.2) is 49.5 Å². The van der Waals surface area contributed by atoms with E-state index in [1.54, 1.807) is 0 Å². The van der Waals surface area contributed by atoms with Crippen molar-refractivity contribution >= 4 is 23.2 Å². The van der Waals surface area contributed by atoms with Crippen molar-refractivity contribution in [2.75, 3.05) is 32.7 Å². The minimum Gasteiger partial charge on any atom is -0.357 e. The highest BCUT2D eigenvalue weighted by molar-refractivity contribution is 7.10. The molecule has 6 heteroatoms. The molecular weight excluding hydrogens is 344 g/mol. The Labute approximate surface area is 161 Å². The zero-order valence-corrected chi connectivity index (χ0v) is 16.7. The van der Waals surface area contributed by atoms with Crippen molar-refractivity contribution in [3.8, 4) is 0 Å². The molecule has 0 bridgehead atoms. The van der Waals surface area contributed by atoms with E-state index in [4.69, 9.17) is 0 Å². The zero-order valence-electron chi connectivity index (χ0n) is 15.9. The first-order chi connectivity index (χ1) is 12.7. The first kappa shape index (κ1) is 19.2. The molecule has 1 aliphatic carbocycles. The second-order valence-corrected chi connectivity index (χ2v) is 8.40. The summed E-state index contributed by atoms with van der Waals surface area (Å²) in [5, 5.41) is 9.02. The summed E-state index contributed by atoms with van der Waals surface area (Å²) in [5.74, 6) is 0.909. The Balaban J connectivity index is 1.62. The largest absolute Gasteiger partial charge is 0.357 e. The number of rotatable bonds is 6. The molecule has 1 saturated heterocycles. The summed E-state index contributed by atoms with van der Waals surface area (Å²) in [4.78, 5) is 20.2. The third-order valence-corrected chi connectivity index (χ3v) is 6.74. The second-order valence-electron chi connectivity index (χ2n) is 7.45. The Morgan fingerprint density at radius 2 is 1.96 bits per heavy atom. The molecule has 3 rings (SSSR count). The Morgan fingerprint density at radius 3 is 2.62 bits per heavy atom. The fourth-order valence-electron chi connectivity index (χ4n) is 4.13. The van der Waals surface area contributed by atoms with Crippen molar-refractivity contribution < 1.29 is 4.79 Å². The standard InChI is InChI=1S/C20H32N4OS/c1-2-21-19(22-15-18(25)24-12-6-7-13-24)23-16-20(10-4-3-5-11-20)17-9-8-14-26-17/h8-9,14H,2-7,10-13,15-16H2,1H3,(H2,21,22,23). The molecule has 1 aromatic rings. The lowest BCUT2D eigenvalue weighted by molar-refractivity contribution is -0.128. The number of hydrogen-bond donors (Lipinski definition) is 2. The van der Waals surface area contributed by atoms with Gasteiger partial charge in [0.05, 0.1) is 0 Å². The van der Waals surface area contributed by atoms with Gasteiger partial charge < -0.3 is 15.5 Å². The molecular formula is C20H32N4OS. The number of carbonyl (C=O) groups excluding carboxylic acids is 1. The molecule has 2 heterocycles. The van der Waals surface area contributed by atoms with Crippen LogP contribution in [0.3, 0.4) is 0 Å². The molecule has 144 valence electrons. The predicted molar refractivity (Wildman–Crippen MR) is 109 cm³/mol. The highest BCUT2D eigenvalue weighted by atomic mass is 32.1. The van der Waals surface area contributed by atoms with Gasteiger partial charge in [-0.2, -0.15) is 0 Å². The van der Waals surface area contributed by atoms with Crippen LogP contribution in [0.15, 0.2) is 22.5 Å². The summed E-state index contributed by atoms with van der Waals surface area (Å²) in [6.45, 7) is 5.77. The summed E-state index contributed by atoms with van der Waals surface area (Å²) in [6.07, 6.45) is 8.63. The van der Waals surface area contributed by atoms with Crippen LogP contribution in [0.5, 0.6) is 0 Å². The van der Waals surface area contributed by atoms with E-state index in [0.29, 0.717) is 0 Å². The smallest absolute Gasteiger partial charge is 0.244 e. The number of carbonyl (C=O) groups is 1. The molecule has 1 amide bonds. The van der Waals surface area contributed by atoms with E-state index >= 15 is 0 Å². The van der Waals surface area contributed by atoms with E-state index in [9.17, 15) is 4.79 Å². The third kappa shape index (κ3) is 4.78. The van der Waals surface area contributed by atoms with E-state index in [2.05, 4.69) is 40.1 Å². The van der Waals surface area contributed by atoms with Crippen molar-refractivity contribution in [2.45, 2.75) is 57.3 Å². The van der Waals surface area contributed by atoms with Crippen molar-refractivity contribution in [2.24, 2.45) is 4.99 Å². The number of guanidine groups is 1.